The lowest BCUT2D eigenvalue weighted by molar-refractivity contribution is 0.0500. The van der Waals surface area contributed by atoms with Crippen LogP contribution in [0.4, 0.5) is 0 Å². The Morgan fingerprint density at radius 1 is 1.17 bits per heavy atom. The predicted octanol–water partition coefficient (Wildman–Crippen LogP) is 4.74. The lowest BCUT2D eigenvalue weighted by Gasteiger charge is -2.21. The molecule has 0 radical (unpaired) electrons. The first-order valence-corrected chi connectivity index (χ1v) is 10.3. The molecule has 1 fully saturated rings. The van der Waals surface area contributed by atoms with Crippen LogP contribution < -0.4 is 0 Å². The molecular formula is C19H21NO2S2. The number of carbonyl (C=O) groups is 1. The number of pyridine rings is 1. The molecular weight excluding hydrogens is 338 g/mol. The van der Waals surface area contributed by atoms with Gasteiger partial charge in [0.15, 0.2) is 0 Å². The van der Waals surface area contributed by atoms with Gasteiger partial charge in [-0.2, -0.15) is 0 Å². The molecule has 1 aromatic carbocycles. The predicted molar refractivity (Wildman–Crippen MR) is 102 cm³/mol. The number of benzene rings is 1. The first-order valence-electron chi connectivity index (χ1n) is 8.22. The summed E-state index contributed by atoms with van der Waals surface area (Å²) in [7, 11) is 0. The molecule has 2 aromatic rings. The molecule has 0 N–H and O–H groups in total. The molecule has 1 aliphatic heterocycles. The van der Waals surface area contributed by atoms with Crippen LogP contribution in [0.3, 0.4) is 0 Å². The number of aromatic nitrogens is 1. The van der Waals surface area contributed by atoms with Gasteiger partial charge in [-0.15, -0.1) is 23.5 Å². The molecule has 126 valence electrons. The van der Waals surface area contributed by atoms with E-state index >= 15 is 0 Å². The van der Waals surface area contributed by atoms with Gasteiger partial charge >= 0.3 is 5.97 Å². The molecule has 0 amide bonds. The van der Waals surface area contributed by atoms with Gasteiger partial charge in [0.2, 0.25) is 0 Å². The Bertz CT molecular complexity index is 640. The second-order valence-electron chi connectivity index (χ2n) is 5.65. The minimum atomic E-state index is -0.239. The smallest absolute Gasteiger partial charge is 0.338 e. The summed E-state index contributed by atoms with van der Waals surface area (Å²) in [5.74, 6) is 2.20. The monoisotopic (exact) mass is 359 g/mol. The number of esters is 1. The first kappa shape index (κ1) is 17.4. The van der Waals surface area contributed by atoms with Crippen LogP contribution in [-0.2, 0) is 11.2 Å². The third-order valence-electron chi connectivity index (χ3n) is 3.81. The van der Waals surface area contributed by atoms with Crippen LogP contribution in [-0.4, -0.2) is 29.1 Å². The summed E-state index contributed by atoms with van der Waals surface area (Å²) in [6, 6.07) is 11.8. The largest absolute Gasteiger partial charge is 0.462 e. The van der Waals surface area contributed by atoms with Gasteiger partial charge in [0.25, 0.3) is 0 Å². The Hall–Kier alpha value is -1.46. The van der Waals surface area contributed by atoms with E-state index in [1.165, 1.54) is 29.1 Å². The number of nitrogens with zero attached hydrogens (tertiary/aromatic N) is 1. The van der Waals surface area contributed by atoms with Gasteiger partial charge < -0.3 is 4.74 Å². The fourth-order valence-corrected chi connectivity index (χ4v) is 5.42. The van der Waals surface area contributed by atoms with Crippen molar-refractivity contribution in [1.82, 2.24) is 4.98 Å². The molecule has 0 spiro atoms. The van der Waals surface area contributed by atoms with Crippen molar-refractivity contribution in [3.8, 4) is 0 Å². The first-order chi connectivity index (χ1) is 11.8. The number of hydrogen-bond acceptors (Lipinski definition) is 5. The maximum atomic E-state index is 12.1. The zero-order valence-electron chi connectivity index (χ0n) is 13.5. The Kier molecular flexibility index (Phi) is 6.61. The molecule has 3 rings (SSSR count). The van der Waals surface area contributed by atoms with Gasteiger partial charge in [-0.25, -0.2) is 4.79 Å². The summed E-state index contributed by atoms with van der Waals surface area (Å²) in [4.78, 5) is 16.2. The van der Waals surface area contributed by atoms with Crippen molar-refractivity contribution < 1.29 is 9.53 Å². The van der Waals surface area contributed by atoms with Gasteiger partial charge in [0.05, 0.1) is 16.8 Å². The number of rotatable bonds is 6. The SMILES string of the molecule is O=C(OCCCc1cccnc1)c1ccc(C2SCCCS2)cc1. The van der Waals surface area contributed by atoms with E-state index in [1.54, 1.807) is 6.20 Å². The number of thioether (sulfide) groups is 2. The zero-order valence-corrected chi connectivity index (χ0v) is 15.2. The molecule has 0 atom stereocenters. The maximum Gasteiger partial charge on any atom is 0.338 e. The summed E-state index contributed by atoms with van der Waals surface area (Å²) in [6.07, 6.45) is 6.58. The van der Waals surface area contributed by atoms with E-state index in [4.69, 9.17) is 4.74 Å². The third-order valence-corrected chi connectivity index (χ3v) is 6.83. The van der Waals surface area contributed by atoms with Crippen molar-refractivity contribution >= 4 is 29.5 Å². The van der Waals surface area contributed by atoms with Crippen LogP contribution in [0.25, 0.3) is 0 Å². The average molecular weight is 360 g/mol. The number of ether oxygens (including phenoxy) is 1. The maximum absolute atomic E-state index is 12.1. The van der Waals surface area contributed by atoms with E-state index in [0.717, 1.165) is 12.8 Å². The van der Waals surface area contributed by atoms with Crippen molar-refractivity contribution in [2.45, 2.75) is 23.8 Å². The lowest BCUT2D eigenvalue weighted by atomic mass is 10.1. The highest BCUT2D eigenvalue weighted by Gasteiger charge is 2.17. The Balaban J connectivity index is 1.44. The van der Waals surface area contributed by atoms with Gasteiger partial charge in [-0.05, 0) is 60.1 Å². The van der Waals surface area contributed by atoms with E-state index in [1.807, 2.05) is 54.0 Å². The Morgan fingerprint density at radius 3 is 2.67 bits per heavy atom. The highest BCUT2D eigenvalue weighted by Crippen LogP contribution is 2.43. The Labute approximate surface area is 151 Å². The summed E-state index contributed by atoms with van der Waals surface area (Å²) >= 11 is 3.97. The fraction of sp³-hybridized carbons (Fsp3) is 0.368. The van der Waals surface area contributed by atoms with Gasteiger partial charge in [0.1, 0.15) is 0 Å². The molecule has 5 heteroatoms. The van der Waals surface area contributed by atoms with E-state index in [2.05, 4.69) is 17.1 Å². The Morgan fingerprint density at radius 2 is 1.96 bits per heavy atom. The van der Waals surface area contributed by atoms with Crippen molar-refractivity contribution in [2.24, 2.45) is 0 Å². The quantitative estimate of drug-likeness (QED) is 0.550. The molecule has 2 heterocycles. The van der Waals surface area contributed by atoms with Crippen LogP contribution in [0.5, 0.6) is 0 Å². The summed E-state index contributed by atoms with van der Waals surface area (Å²) < 4.78 is 5.87. The number of carbonyl (C=O) groups excluding carboxylic acids is 1. The molecule has 3 nitrogen and oxygen atoms in total. The second kappa shape index (κ2) is 9.14. The number of aryl methyl sites for hydroxylation is 1. The highest BCUT2D eigenvalue weighted by atomic mass is 32.2. The van der Waals surface area contributed by atoms with Crippen molar-refractivity contribution in [3.63, 3.8) is 0 Å². The third kappa shape index (κ3) is 5.02. The molecule has 1 aromatic heterocycles. The topological polar surface area (TPSA) is 39.2 Å². The summed E-state index contributed by atoms with van der Waals surface area (Å²) in [5.41, 5.74) is 3.09. The second-order valence-corrected chi connectivity index (χ2v) is 8.37. The summed E-state index contributed by atoms with van der Waals surface area (Å²) in [6.45, 7) is 0.434. The van der Waals surface area contributed by atoms with Gasteiger partial charge in [-0.1, -0.05) is 18.2 Å². The molecule has 1 saturated heterocycles. The standard InChI is InChI=1S/C19H21NO2S2/c21-18(22-11-2-5-15-4-1-10-20-14-15)16-6-8-17(9-7-16)19-23-12-3-13-24-19/h1,4,6-10,14,19H,2-3,5,11-13H2. The van der Waals surface area contributed by atoms with Crippen molar-refractivity contribution in [2.75, 3.05) is 18.1 Å². The molecule has 1 aliphatic rings. The van der Waals surface area contributed by atoms with E-state index in [9.17, 15) is 4.79 Å². The van der Waals surface area contributed by atoms with Gasteiger partial charge in [-0.3, -0.25) is 4.98 Å². The summed E-state index contributed by atoms with van der Waals surface area (Å²) in [5, 5.41) is 0. The normalized spacial score (nSPS) is 15.2. The zero-order chi connectivity index (χ0) is 16.6. The molecule has 0 saturated carbocycles. The van der Waals surface area contributed by atoms with Crippen LogP contribution in [0.2, 0.25) is 0 Å². The minimum absolute atomic E-state index is 0.239. The van der Waals surface area contributed by atoms with Crippen molar-refractivity contribution in [1.29, 1.82) is 0 Å². The average Bonchev–Trinajstić information content (AvgIpc) is 2.67. The highest BCUT2D eigenvalue weighted by molar-refractivity contribution is 8.16. The lowest BCUT2D eigenvalue weighted by Crippen LogP contribution is -2.07. The molecule has 24 heavy (non-hydrogen) atoms. The minimum Gasteiger partial charge on any atom is -0.462 e. The molecule has 0 bridgehead atoms. The number of hydrogen-bond donors (Lipinski definition) is 0. The van der Waals surface area contributed by atoms with Crippen molar-refractivity contribution in [3.05, 3.63) is 65.5 Å². The van der Waals surface area contributed by atoms with E-state index in [0.29, 0.717) is 16.8 Å². The fourth-order valence-electron chi connectivity index (χ4n) is 2.53. The molecule has 0 unspecified atom stereocenters. The van der Waals surface area contributed by atoms with Crippen LogP contribution in [0, 0.1) is 0 Å². The molecule has 0 aliphatic carbocycles. The van der Waals surface area contributed by atoms with E-state index in [-0.39, 0.29) is 5.97 Å². The van der Waals surface area contributed by atoms with E-state index < -0.39 is 0 Å². The van der Waals surface area contributed by atoms with Gasteiger partial charge in [0, 0.05) is 12.4 Å². The van der Waals surface area contributed by atoms with Crippen LogP contribution >= 0.6 is 23.5 Å². The van der Waals surface area contributed by atoms with Crippen LogP contribution in [0.15, 0.2) is 48.8 Å². The van der Waals surface area contributed by atoms with Crippen LogP contribution in [0.1, 0.15) is 38.9 Å².